The molecule has 2 fully saturated rings. The summed E-state index contributed by atoms with van der Waals surface area (Å²) < 4.78 is 16.8. The zero-order chi connectivity index (χ0) is 27.1. The van der Waals surface area contributed by atoms with E-state index in [9.17, 15) is 14.7 Å². The van der Waals surface area contributed by atoms with Crippen LogP contribution in [0, 0.1) is 0 Å². The fourth-order valence-electron chi connectivity index (χ4n) is 4.80. The summed E-state index contributed by atoms with van der Waals surface area (Å²) in [5.74, 6) is -0.271. The van der Waals surface area contributed by atoms with Gasteiger partial charge in [0.25, 0.3) is 11.7 Å². The zero-order valence-corrected chi connectivity index (χ0v) is 22.1. The summed E-state index contributed by atoms with van der Waals surface area (Å²) in [7, 11) is 0. The minimum absolute atomic E-state index is 0.00724. The Hall–Kier alpha value is -3.62. The van der Waals surface area contributed by atoms with Gasteiger partial charge in [-0.25, -0.2) is 0 Å². The lowest BCUT2D eigenvalue weighted by Gasteiger charge is -2.29. The molecule has 2 heterocycles. The predicted molar refractivity (Wildman–Crippen MR) is 145 cm³/mol. The van der Waals surface area contributed by atoms with Crippen LogP contribution in [0.3, 0.4) is 0 Å². The quantitative estimate of drug-likeness (QED) is 0.206. The molecule has 0 bridgehead atoms. The maximum atomic E-state index is 13.3. The van der Waals surface area contributed by atoms with E-state index >= 15 is 0 Å². The molecule has 1 N–H and O–H groups in total. The summed E-state index contributed by atoms with van der Waals surface area (Å²) in [5, 5.41) is 11.3. The van der Waals surface area contributed by atoms with Gasteiger partial charge in [0.1, 0.15) is 23.9 Å². The van der Waals surface area contributed by atoms with Crippen LogP contribution < -0.4 is 9.47 Å². The van der Waals surface area contributed by atoms with Crippen molar-refractivity contribution >= 4 is 17.4 Å². The van der Waals surface area contributed by atoms with Gasteiger partial charge in [-0.3, -0.25) is 14.5 Å². The first-order valence-electron chi connectivity index (χ1n) is 13.1. The number of hydrogen-bond donors (Lipinski definition) is 1. The number of rotatable bonds is 11. The Bertz CT molecular complexity index is 1170. The smallest absolute Gasteiger partial charge is 0.295 e. The lowest BCUT2D eigenvalue weighted by atomic mass is 9.95. The van der Waals surface area contributed by atoms with Gasteiger partial charge in [0.2, 0.25) is 0 Å². The van der Waals surface area contributed by atoms with Crippen molar-refractivity contribution in [3.63, 3.8) is 0 Å². The van der Waals surface area contributed by atoms with Crippen LogP contribution in [-0.4, -0.2) is 78.7 Å². The molecule has 0 saturated carbocycles. The van der Waals surface area contributed by atoms with E-state index in [-0.39, 0.29) is 17.4 Å². The fourth-order valence-corrected chi connectivity index (χ4v) is 4.80. The summed E-state index contributed by atoms with van der Waals surface area (Å²) >= 11 is 0. The second kappa shape index (κ2) is 12.8. The molecule has 4 rings (SSSR count). The Morgan fingerprint density at radius 3 is 2.53 bits per heavy atom. The van der Waals surface area contributed by atoms with E-state index in [2.05, 4.69) is 11.5 Å². The van der Waals surface area contributed by atoms with Crippen molar-refractivity contribution in [2.75, 3.05) is 46.0 Å². The number of ether oxygens (including phenoxy) is 3. The van der Waals surface area contributed by atoms with E-state index in [4.69, 9.17) is 14.2 Å². The Kier molecular flexibility index (Phi) is 9.20. The number of morpholine rings is 1. The molecule has 1 amide bonds. The number of carbonyl (C=O) groups is 2. The summed E-state index contributed by atoms with van der Waals surface area (Å²) in [4.78, 5) is 30.5. The van der Waals surface area contributed by atoms with E-state index in [0.29, 0.717) is 55.4 Å². The Balaban J connectivity index is 1.67. The van der Waals surface area contributed by atoms with E-state index < -0.39 is 17.7 Å². The van der Waals surface area contributed by atoms with E-state index in [1.165, 1.54) is 0 Å². The summed E-state index contributed by atoms with van der Waals surface area (Å²) in [5.41, 5.74) is 1.20. The van der Waals surface area contributed by atoms with Gasteiger partial charge in [0.05, 0.1) is 30.9 Å². The highest BCUT2D eigenvalue weighted by Crippen LogP contribution is 2.40. The van der Waals surface area contributed by atoms with Crippen molar-refractivity contribution in [1.29, 1.82) is 0 Å². The molecule has 0 unspecified atom stereocenters. The number of aliphatic hydroxyl groups is 1. The molecule has 0 aromatic heterocycles. The molecular weight excluding hydrogens is 484 g/mol. The largest absolute Gasteiger partial charge is 0.507 e. The first-order chi connectivity index (χ1) is 18.4. The van der Waals surface area contributed by atoms with Crippen molar-refractivity contribution in [2.45, 2.75) is 32.4 Å². The average molecular weight is 521 g/mol. The summed E-state index contributed by atoms with van der Waals surface area (Å²) in [6.45, 7) is 12.1. The van der Waals surface area contributed by atoms with Gasteiger partial charge in [-0.2, -0.15) is 0 Å². The molecule has 0 radical (unpaired) electrons. The van der Waals surface area contributed by atoms with Gasteiger partial charge >= 0.3 is 0 Å². The molecule has 2 aromatic carbocycles. The minimum Gasteiger partial charge on any atom is -0.507 e. The second-order valence-corrected chi connectivity index (χ2v) is 9.66. The van der Waals surface area contributed by atoms with Crippen LogP contribution in [0.4, 0.5) is 0 Å². The highest BCUT2D eigenvalue weighted by molar-refractivity contribution is 6.46. The number of Topliss-reactive ketones (excluding diaryl/α,β-unsaturated/α-hetero) is 1. The average Bonchev–Trinajstić information content (AvgIpc) is 3.17. The van der Waals surface area contributed by atoms with Crippen LogP contribution in [-0.2, 0) is 14.3 Å². The molecule has 1 atom stereocenters. The van der Waals surface area contributed by atoms with Gasteiger partial charge in [-0.1, -0.05) is 24.8 Å². The van der Waals surface area contributed by atoms with Gasteiger partial charge < -0.3 is 24.2 Å². The molecule has 2 aliphatic rings. The second-order valence-electron chi connectivity index (χ2n) is 9.66. The van der Waals surface area contributed by atoms with Crippen molar-refractivity contribution in [1.82, 2.24) is 9.80 Å². The molecular formula is C30H36N2O6. The van der Waals surface area contributed by atoms with Crippen molar-refractivity contribution < 1.29 is 28.9 Å². The Morgan fingerprint density at radius 1 is 1.11 bits per heavy atom. The van der Waals surface area contributed by atoms with E-state index in [0.717, 1.165) is 19.6 Å². The Labute approximate surface area is 224 Å². The molecule has 202 valence electrons. The maximum absolute atomic E-state index is 13.3. The number of likely N-dealkylation sites (tertiary alicyclic amines) is 1. The third-order valence-corrected chi connectivity index (χ3v) is 6.56. The number of carbonyl (C=O) groups excluding carboxylic acids is 2. The third-order valence-electron chi connectivity index (χ3n) is 6.56. The Morgan fingerprint density at radius 2 is 1.84 bits per heavy atom. The number of benzene rings is 2. The lowest BCUT2D eigenvalue weighted by molar-refractivity contribution is -0.140. The van der Waals surface area contributed by atoms with Crippen LogP contribution in [0.5, 0.6) is 11.5 Å². The highest BCUT2D eigenvalue weighted by atomic mass is 16.5. The zero-order valence-electron chi connectivity index (χ0n) is 22.1. The number of amides is 1. The minimum atomic E-state index is -0.737. The van der Waals surface area contributed by atoms with Crippen LogP contribution in [0.25, 0.3) is 5.76 Å². The molecule has 8 heteroatoms. The molecule has 2 saturated heterocycles. The molecule has 8 nitrogen and oxygen atoms in total. The molecule has 0 aliphatic carbocycles. The van der Waals surface area contributed by atoms with Crippen molar-refractivity contribution in [3.8, 4) is 11.5 Å². The normalized spacial score (nSPS) is 19.7. The van der Waals surface area contributed by atoms with Gasteiger partial charge in [-0.15, -0.1) is 0 Å². The monoisotopic (exact) mass is 520 g/mol. The molecule has 2 aromatic rings. The highest BCUT2D eigenvalue weighted by Gasteiger charge is 2.46. The maximum Gasteiger partial charge on any atom is 0.295 e. The first-order valence-corrected chi connectivity index (χ1v) is 13.1. The van der Waals surface area contributed by atoms with Gasteiger partial charge in [0, 0.05) is 31.7 Å². The number of ketones is 1. The molecule has 2 aliphatic heterocycles. The number of hydrogen-bond acceptors (Lipinski definition) is 7. The van der Waals surface area contributed by atoms with Crippen molar-refractivity contribution in [3.05, 3.63) is 77.9 Å². The van der Waals surface area contributed by atoms with Crippen LogP contribution in [0.1, 0.15) is 37.4 Å². The van der Waals surface area contributed by atoms with Crippen LogP contribution >= 0.6 is 0 Å². The van der Waals surface area contributed by atoms with E-state index in [1.807, 2.05) is 38.1 Å². The first kappa shape index (κ1) is 27.4. The predicted octanol–water partition coefficient (Wildman–Crippen LogP) is 4.18. The number of nitrogens with zero attached hydrogens (tertiary/aromatic N) is 2. The number of aliphatic hydroxyl groups excluding tert-OH is 1. The standard InChI is InChI=1S/C30H36N2O6/c1-4-17-37-25-8-5-7-23(20-25)27-26(28(33)22-9-11-24(12-10-22)38-21(2)3)29(34)30(35)32(27)14-6-13-31-15-18-36-19-16-31/h4-5,7-12,20-21,27,33H,1,6,13-19H2,2-3H3/t27-/m0/s1. The molecule has 0 spiro atoms. The lowest BCUT2D eigenvalue weighted by Crippen LogP contribution is -2.38. The van der Waals surface area contributed by atoms with Crippen LogP contribution in [0.15, 0.2) is 66.8 Å². The third kappa shape index (κ3) is 6.44. The van der Waals surface area contributed by atoms with E-state index in [1.54, 1.807) is 35.2 Å². The van der Waals surface area contributed by atoms with Crippen LogP contribution in [0.2, 0.25) is 0 Å². The SMILES string of the molecule is C=CCOc1cccc([C@H]2C(=C(O)c3ccc(OC(C)C)cc3)C(=O)C(=O)N2CCCN2CCOCC2)c1. The molecule has 38 heavy (non-hydrogen) atoms. The van der Waals surface area contributed by atoms with Gasteiger partial charge in [-0.05, 0) is 62.2 Å². The summed E-state index contributed by atoms with van der Waals surface area (Å²) in [6.07, 6.45) is 2.35. The topological polar surface area (TPSA) is 88.5 Å². The summed E-state index contributed by atoms with van der Waals surface area (Å²) in [6, 6.07) is 13.4. The van der Waals surface area contributed by atoms with Gasteiger partial charge in [0.15, 0.2) is 0 Å². The van der Waals surface area contributed by atoms with Crippen molar-refractivity contribution in [2.24, 2.45) is 0 Å². The fraction of sp³-hybridized carbons (Fsp3) is 0.400.